The van der Waals surface area contributed by atoms with E-state index in [9.17, 15) is 4.79 Å². The lowest BCUT2D eigenvalue weighted by Gasteiger charge is -2.21. The van der Waals surface area contributed by atoms with Crippen LogP contribution in [0.25, 0.3) is 11.6 Å². The zero-order chi connectivity index (χ0) is 14.3. The van der Waals surface area contributed by atoms with Gasteiger partial charge in [0.2, 0.25) is 5.91 Å². The van der Waals surface area contributed by atoms with Gasteiger partial charge in [-0.1, -0.05) is 0 Å². The Kier molecular flexibility index (Phi) is 3.08. The smallest absolute Gasteiger partial charge is 0.225 e. The average molecular weight is 273 g/mol. The molecular formula is C14H19N5O. The molecule has 0 bridgehead atoms. The van der Waals surface area contributed by atoms with E-state index in [0.717, 1.165) is 18.2 Å². The minimum atomic E-state index is 0.138. The van der Waals surface area contributed by atoms with Crippen molar-refractivity contribution in [2.45, 2.75) is 32.4 Å². The number of aromatic nitrogens is 4. The summed E-state index contributed by atoms with van der Waals surface area (Å²) in [6.45, 7) is 4.84. The first-order valence-electron chi connectivity index (χ1n) is 6.88. The Morgan fingerprint density at radius 3 is 2.50 bits per heavy atom. The van der Waals surface area contributed by atoms with Crippen molar-refractivity contribution in [2.75, 3.05) is 6.54 Å². The van der Waals surface area contributed by atoms with Gasteiger partial charge in [0.05, 0.1) is 6.04 Å². The van der Waals surface area contributed by atoms with Gasteiger partial charge in [-0.15, -0.1) is 0 Å². The number of likely N-dealkylation sites (tertiary alicyclic amines) is 1. The molecule has 6 nitrogen and oxygen atoms in total. The lowest BCUT2D eigenvalue weighted by Crippen LogP contribution is -2.32. The van der Waals surface area contributed by atoms with Gasteiger partial charge in [0, 0.05) is 50.8 Å². The molecule has 0 aliphatic carbocycles. The van der Waals surface area contributed by atoms with E-state index in [1.165, 1.54) is 0 Å². The van der Waals surface area contributed by atoms with Crippen LogP contribution in [0.4, 0.5) is 0 Å². The lowest BCUT2D eigenvalue weighted by atomic mass is 10.2. The highest BCUT2D eigenvalue weighted by atomic mass is 16.2. The summed E-state index contributed by atoms with van der Waals surface area (Å²) in [5.74, 6) is 1.86. The second-order valence-corrected chi connectivity index (χ2v) is 5.52. The number of aryl methyl sites for hydroxylation is 1. The van der Waals surface area contributed by atoms with Crippen molar-refractivity contribution in [2.24, 2.45) is 7.05 Å². The van der Waals surface area contributed by atoms with Gasteiger partial charge in [0.25, 0.3) is 0 Å². The third kappa shape index (κ3) is 2.01. The Morgan fingerprint density at radius 2 is 1.90 bits per heavy atom. The van der Waals surface area contributed by atoms with Gasteiger partial charge in [0.1, 0.15) is 0 Å². The largest absolute Gasteiger partial charge is 0.338 e. The van der Waals surface area contributed by atoms with Crippen LogP contribution in [0.15, 0.2) is 24.8 Å². The molecule has 0 unspecified atom stereocenters. The molecule has 1 aliphatic heterocycles. The van der Waals surface area contributed by atoms with Crippen molar-refractivity contribution in [1.29, 1.82) is 0 Å². The van der Waals surface area contributed by atoms with Crippen molar-refractivity contribution in [3.8, 4) is 11.6 Å². The Labute approximate surface area is 118 Å². The maximum Gasteiger partial charge on any atom is 0.225 e. The van der Waals surface area contributed by atoms with Crippen LogP contribution in [-0.4, -0.2) is 42.5 Å². The van der Waals surface area contributed by atoms with Gasteiger partial charge in [-0.2, -0.15) is 0 Å². The summed E-state index contributed by atoms with van der Waals surface area (Å²) >= 11 is 0. The Morgan fingerprint density at radius 1 is 1.20 bits per heavy atom. The van der Waals surface area contributed by atoms with Crippen LogP contribution in [0.5, 0.6) is 0 Å². The Balaban J connectivity index is 1.92. The van der Waals surface area contributed by atoms with Gasteiger partial charge in [-0.05, 0) is 13.8 Å². The fourth-order valence-corrected chi connectivity index (χ4v) is 2.76. The van der Waals surface area contributed by atoms with Crippen LogP contribution >= 0.6 is 0 Å². The maximum atomic E-state index is 12.1. The molecule has 20 heavy (non-hydrogen) atoms. The van der Waals surface area contributed by atoms with E-state index in [1.54, 1.807) is 12.4 Å². The minimum absolute atomic E-state index is 0.138. The number of hydrogen-bond donors (Lipinski definition) is 0. The first kappa shape index (κ1) is 12.9. The highest BCUT2D eigenvalue weighted by Crippen LogP contribution is 2.28. The fourth-order valence-electron chi connectivity index (χ4n) is 2.76. The summed E-state index contributed by atoms with van der Waals surface area (Å²) in [5.41, 5.74) is 0. The van der Waals surface area contributed by atoms with Crippen molar-refractivity contribution in [3.63, 3.8) is 0 Å². The quantitative estimate of drug-likeness (QED) is 0.851. The summed E-state index contributed by atoms with van der Waals surface area (Å²) in [5, 5.41) is 0. The van der Waals surface area contributed by atoms with E-state index < -0.39 is 0 Å². The molecule has 1 fully saturated rings. The second-order valence-electron chi connectivity index (χ2n) is 5.52. The van der Waals surface area contributed by atoms with Gasteiger partial charge in [0.15, 0.2) is 11.6 Å². The van der Waals surface area contributed by atoms with E-state index >= 15 is 0 Å². The van der Waals surface area contributed by atoms with E-state index in [-0.39, 0.29) is 18.0 Å². The van der Waals surface area contributed by atoms with Gasteiger partial charge >= 0.3 is 0 Å². The predicted octanol–water partition coefficient (Wildman–Crippen LogP) is 1.47. The van der Waals surface area contributed by atoms with E-state index in [0.29, 0.717) is 6.42 Å². The first-order chi connectivity index (χ1) is 9.58. The van der Waals surface area contributed by atoms with Crippen LogP contribution in [-0.2, 0) is 11.8 Å². The molecule has 2 aromatic rings. The molecule has 1 amide bonds. The number of hydrogen-bond acceptors (Lipinski definition) is 3. The normalized spacial score (nSPS) is 19.3. The molecule has 2 aromatic heterocycles. The summed E-state index contributed by atoms with van der Waals surface area (Å²) in [4.78, 5) is 22.7. The molecule has 3 rings (SSSR count). The van der Waals surface area contributed by atoms with E-state index in [1.807, 2.05) is 42.8 Å². The summed E-state index contributed by atoms with van der Waals surface area (Å²) in [7, 11) is 1.95. The molecule has 0 radical (unpaired) electrons. The molecule has 0 saturated carbocycles. The van der Waals surface area contributed by atoms with E-state index in [2.05, 4.69) is 14.5 Å². The Hall–Kier alpha value is -2.11. The number of carbonyl (C=O) groups is 1. The summed E-state index contributed by atoms with van der Waals surface area (Å²) in [6.07, 6.45) is 7.90. The topological polar surface area (TPSA) is 56.0 Å². The van der Waals surface area contributed by atoms with Crippen molar-refractivity contribution in [3.05, 3.63) is 24.8 Å². The zero-order valence-electron chi connectivity index (χ0n) is 12.0. The van der Waals surface area contributed by atoms with Crippen molar-refractivity contribution < 1.29 is 4.79 Å². The van der Waals surface area contributed by atoms with Crippen molar-refractivity contribution in [1.82, 2.24) is 24.0 Å². The van der Waals surface area contributed by atoms with Crippen LogP contribution in [0.3, 0.4) is 0 Å². The SMILES string of the molecule is CC(C)N1C[C@H](n2ccnc2-c2nccn2C)CC1=O. The monoisotopic (exact) mass is 273 g/mol. The molecule has 1 atom stereocenters. The minimum Gasteiger partial charge on any atom is -0.338 e. The molecule has 0 aromatic carbocycles. The summed E-state index contributed by atoms with van der Waals surface area (Å²) < 4.78 is 4.01. The lowest BCUT2D eigenvalue weighted by molar-refractivity contribution is -0.129. The fraction of sp³-hybridized carbons (Fsp3) is 0.500. The average Bonchev–Trinajstić information content (AvgIpc) is 3.06. The van der Waals surface area contributed by atoms with Crippen LogP contribution in [0.1, 0.15) is 26.3 Å². The molecule has 1 saturated heterocycles. The second kappa shape index (κ2) is 4.77. The van der Waals surface area contributed by atoms with Crippen LogP contribution in [0.2, 0.25) is 0 Å². The first-order valence-corrected chi connectivity index (χ1v) is 6.88. The third-order valence-electron chi connectivity index (χ3n) is 3.84. The molecule has 1 aliphatic rings. The standard InChI is InChI=1S/C14H19N5O/c1-10(2)19-9-11(8-12(19)20)18-7-5-16-14(18)13-15-4-6-17(13)3/h4-7,10-11H,8-9H2,1-3H3/t11-/m1/s1. The molecule has 0 N–H and O–H groups in total. The number of nitrogens with zero attached hydrogens (tertiary/aromatic N) is 5. The number of imidazole rings is 2. The molecule has 106 valence electrons. The Bertz CT molecular complexity index is 627. The number of rotatable bonds is 3. The maximum absolute atomic E-state index is 12.1. The third-order valence-corrected chi connectivity index (χ3v) is 3.84. The molecular weight excluding hydrogens is 254 g/mol. The number of carbonyl (C=O) groups excluding carboxylic acids is 1. The van der Waals surface area contributed by atoms with E-state index in [4.69, 9.17) is 0 Å². The highest BCUT2D eigenvalue weighted by Gasteiger charge is 2.33. The summed E-state index contributed by atoms with van der Waals surface area (Å²) in [6, 6.07) is 0.381. The van der Waals surface area contributed by atoms with Crippen LogP contribution in [0, 0.1) is 0 Å². The van der Waals surface area contributed by atoms with Gasteiger partial charge in [-0.25, -0.2) is 9.97 Å². The van der Waals surface area contributed by atoms with Gasteiger partial charge in [-0.3, -0.25) is 4.79 Å². The highest BCUT2D eigenvalue weighted by molar-refractivity contribution is 5.79. The van der Waals surface area contributed by atoms with Gasteiger partial charge < -0.3 is 14.0 Å². The molecule has 3 heterocycles. The predicted molar refractivity (Wildman–Crippen MR) is 74.9 cm³/mol. The zero-order valence-corrected chi connectivity index (χ0v) is 12.0. The number of amides is 1. The van der Waals surface area contributed by atoms with Crippen LogP contribution < -0.4 is 0 Å². The molecule has 0 spiro atoms. The molecule has 6 heteroatoms. The van der Waals surface area contributed by atoms with Crippen molar-refractivity contribution >= 4 is 5.91 Å².